The van der Waals surface area contributed by atoms with Gasteiger partial charge in [-0.25, -0.2) is 4.79 Å². The zero-order valence-corrected chi connectivity index (χ0v) is 12.5. The zero-order chi connectivity index (χ0) is 15.9. The van der Waals surface area contributed by atoms with Gasteiger partial charge in [-0.2, -0.15) is 0 Å². The van der Waals surface area contributed by atoms with Crippen LogP contribution in [0.15, 0.2) is 71.3 Å². The fourth-order valence-electron chi connectivity index (χ4n) is 2.17. The second-order valence-corrected chi connectivity index (χ2v) is 5.05. The summed E-state index contributed by atoms with van der Waals surface area (Å²) in [7, 11) is 0. The predicted octanol–water partition coefficient (Wildman–Crippen LogP) is 3.71. The molecule has 116 valence electrons. The maximum atomic E-state index is 11.8. The van der Waals surface area contributed by atoms with Gasteiger partial charge in [0, 0.05) is 30.3 Å². The molecule has 2 amide bonds. The van der Waals surface area contributed by atoms with Crippen molar-refractivity contribution < 1.29 is 9.32 Å². The Balaban J connectivity index is 1.48. The minimum atomic E-state index is -0.233. The van der Waals surface area contributed by atoms with Crippen molar-refractivity contribution >= 4 is 11.7 Å². The highest BCUT2D eigenvalue weighted by molar-refractivity contribution is 5.89. The van der Waals surface area contributed by atoms with E-state index in [1.54, 1.807) is 0 Å². The summed E-state index contributed by atoms with van der Waals surface area (Å²) < 4.78 is 5.33. The summed E-state index contributed by atoms with van der Waals surface area (Å²) in [5.41, 5.74) is 2.56. The molecule has 0 aliphatic carbocycles. The molecule has 1 heterocycles. The Labute approximate surface area is 134 Å². The van der Waals surface area contributed by atoms with E-state index in [4.69, 9.17) is 4.52 Å². The number of hydrogen-bond acceptors (Lipinski definition) is 3. The van der Waals surface area contributed by atoms with Gasteiger partial charge in [-0.15, -0.1) is 0 Å². The molecule has 3 aromatic rings. The summed E-state index contributed by atoms with van der Waals surface area (Å²) in [5, 5.41) is 9.59. The van der Waals surface area contributed by atoms with Crippen LogP contribution in [0, 0.1) is 0 Å². The highest BCUT2D eigenvalue weighted by Gasteiger charge is 2.07. The van der Waals surface area contributed by atoms with Gasteiger partial charge in [-0.05, 0) is 12.1 Å². The van der Waals surface area contributed by atoms with E-state index in [2.05, 4.69) is 15.8 Å². The Hall–Kier alpha value is -3.08. The van der Waals surface area contributed by atoms with E-state index < -0.39 is 0 Å². The molecule has 0 aliphatic rings. The van der Waals surface area contributed by atoms with E-state index in [0.29, 0.717) is 13.0 Å². The molecule has 5 nitrogen and oxygen atoms in total. The number of nitrogens with zero attached hydrogens (tertiary/aromatic N) is 1. The number of carbonyl (C=O) groups excluding carboxylic acids is 1. The van der Waals surface area contributed by atoms with Crippen molar-refractivity contribution in [2.75, 3.05) is 11.9 Å². The summed E-state index contributed by atoms with van der Waals surface area (Å²) in [4.78, 5) is 11.8. The molecule has 0 aliphatic heterocycles. The number of urea groups is 1. The first-order valence-corrected chi connectivity index (χ1v) is 7.42. The molecule has 0 radical (unpaired) electrons. The van der Waals surface area contributed by atoms with Crippen LogP contribution in [0.4, 0.5) is 10.5 Å². The molecule has 0 fully saturated rings. The molecule has 0 bridgehead atoms. The van der Waals surface area contributed by atoms with Crippen LogP contribution in [0.2, 0.25) is 0 Å². The lowest BCUT2D eigenvalue weighted by Crippen LogP contribution is -2.30. The first-order valence-electron chi connectivity index (χ1n) is 7.42. The molecular formula is C18H17N3O2. The number of para-hydroxylation sites is 1. The average Bonchev–Trinajstić information content (AvgIpc) is 3.05. The van der Waals surface area contributed by atoms with Gasteiger partial charge in [0.25, 0.3) is 0 Å². The van der Waals surface area contributed by atoms with E-state index in [1.807, 2.05) is 66.7 Å². The molecular weight excluding hydrogens is 290 g/mol. The number of hydrogen-bond donors (Lipinski definition) is 2. The van der Waals surface area contributed by atoms with Crippen LogP contribution in [0.1, 0.15) is 5.69 Å². The number of benzene rings is 2. The minimum absolute atomic E-state index is 0.233. The Morgan fingerprint density at radius 3 is 2.43 bits per heavy atom. The maximum absolute atomic E-state index is 11.8. The molecule has 0 spiro atoms. The van der Waals surface area contributed by atoms with Gasteiger partial charge >= 0.3 is 6.03 Å². The first kappa shape index (κ1) is 14.8. The van der Waals surface area contributed by atoms with Crippen molar-refractivity contribution in [1.29, 1.82) is 0 Å². The number of aromatic nitrogens is 1. The molecule has 1 aromatic heterocycles. The highest BCUT2D eigenvalue weighted by atomic mass is 16.5. The van der Waals surface area contributed by atoms with E-state index >= 15 is 0 Å². The smallest absolute Gasteiger partial charge is 0.319 e. The van der Waals surface area contributed by atoms with Crippen LogP contribution in [0.5, 0.6) is 0 Å². The van der Waals surface area contributed by atoms with Crippen molar-refractivity contribution in [1.82, 2.24) is 10.5 Å². The first-order chi connectivity index (χ1) is 11.3. The largest absolute Gasteiger partial charge is 0.356 e. The Bertz CT molecular complexity index is 754. The normalized spacial score (nSPS) is 10.3. The van der Waals surface area contributed by atoms with Crippen LogP contribution in [0.25, 0.3) is 11.3 Å². The third-order valence-electron chi connectivity index (χ3n) is 3.32. The second kappa shape index (κ2) is 7.26. The van der Waals surface area contributed by atoms with E-state index in [0.717, 1.165) is 22.7 Å². The molecule has 3 rings (SSSR count). The maximum Gasteiger partial charge on any atom is 0.319 e. The van der Waals surface area contributed by atoms with Gasteiger partial charge in [0.1, 0.15) is 0 Å². The van der Waals surface area contributed by atoms with Gasteiger partial charge in [0.2, 0.25) is 0 Å². The number of carbonyl (C=O) groups is 1. The molecule has 0 saturated heterocycles. The summed E-state index contributed by atoms with van der Waals surface area (Å²) in [6.45, 7) is 0.486. The molecule has 0 saturated carbocycles. The summed E-state index contributed by atoms with van der Waals surface area (Å²) >= 11 is 0. The Morgan fingerprint density at radius 1 is 1.00 bits per heavy atom. The number of rotatable bonds is 5. The predicted molar refractivity (Wildman–Crippen MR) is 89.1 cm³/mol. The monoisotopic (exact) mass is 307 g/mol. The molecule has 0 unspecified atom stereocenters. The van der Waals surface area contributed by atoms with E-state index in [-0.39, 0.29) is 6.03 Å². The fourth-order valence-corrected chi connectivity index (χ4v) is 2.17. The van der Waals surface area contributed by atoms with Crippen molar-refractivity contribution in [3.63, 3.8) is 0 Å². The molecule has 5 heteroatoms. The molecule has 2 aromatic carbocycles. The minimum Gasteiger partial charge on any atom is -0.356 e. The Morgan fingerprint density at radius 2 is 1.70 bits per heavy atom. The lowest BCUT2D eigenvalue weighted by molar-refractivity contribution is 0.252. The van der Waals surface area contributed by atoms with Crippen LogP contribution in [0.3, 0.4) is 0 Å². The summed E-state index contributed by atoms with van der Waals surface area (Å²) in [6, 6.07) is 20.8. The number of anilines is 1. The van der Waals surface area contributed by atoms with Crippen molar-refractivity contribution in [3.8, 4) is 11.3 Å². The van der Waals surface area contributed by atoms with Gasteiger partial charge in [-0.1, -0.05) is 53.7 Å². The summed E-state index contributed by atoms with van der Waals surface area (Å²) in [5.74, 6) is 0.731. The number of amides is 2. The highest BCUT2D eigenvalue weighted by Crippen LogP contribution is 2.19. The number of nitrogens with one attached hydrogen (secondary N) is 2. The third-order valence-corrected chi connectivity index (χ3v) is 3.32. The van der Waals surface area contributed by atoms with Crippen LogP contribution in [-0.2, 0) is 6.42 Å². The SMILES string of the molecule is O=C(NCCc1cc(-c2ccccc2)on1)Nc1ccccc1. The van der Waals surface area contributed by atoms with Crippen LogP contribution >= 0.6 is 0 Å². The quantitative estimate of drug-likeness (QED) is 0.755. The third kappa shape index (κ3) is 4.20. The standard InChI is InChI=1S/C18H17N3O2/c22-18(20-15-9-5-2-6-10-15)19-12-11-16-13-17(23-21-16)14-7-3-1-4-8-14/h1-10,13H,11-12H2,(H2,19,20,22). The fraction of sp³-hybridized carbons (Fsp3) is 0.111. The molecule has 0 atom stereocenters. The summed E-state index contributed by atoms with van der Waals surface area (Å²) in [6.07, 6.45) is 0.610. The molecule has 23 heavy (non-hydrogen) atoms. The van der Waals surface area contributed by atoms with Crippen LogP contribution in [-0.4, -0.2) is 17.7 Å². The van der Waals surface area contributed by atoms with Gasteiger partial charge in [0.15, 0.2) is 5.76 Å². The Kier molecular flexibility index (Phi) is 4.69. The van der Waals surface area contributed by atoms with Gasteiger partial charge in [0.05, 0.1) is 5.69 Å². The van der Waals surface area contributed by atoms with Crippen LogP contribution < -0.4 is 10.6 Å². The lowest BCUT2D eigenvalue weighted by Gasteiger charge is -2.06. The van der Waals surface area contributed by atoms with E-state index in [9.17, 15) is 4.79 Å². The zero-order valence-electron chi connectivity index (χ0n) is 12.5. The molecule has 2 N–H and O–H groups in total. The lowest BCUT2D eigenvalue weighted by atomic mass is 10.1. The second-order valence-electron chi connectivity index (χ2n) is 5.05. The van der Waals surface area contributed by atoms with Crippen molar-refractivity contribution in [3.05, 3.63) is 72.4 Å². The van der Waals surface area contributed by atoms with Crippen molar-refractivity contribution in [2.45, 2.75) is 6.42 Å². The average molecular weight is 307 g/mol. The van der Waals surface area contributed by atoms with Gasteiger partial charge in [-0.3, -0.25) is 0 Å². The van der Waals surface area contributed by atoms with E-state index in [1.165, 1.54) is 0 Å². The van der Waals surface area contributed by atoms with Crippen molar-refractivity contribution in [2.24, 2.45) is 0 Å². The topological polar surface area (TPSA) is 67.2 Å². The van der Waals surface area contributed by atoms with Gasteiger partial charge < -0.3 is 15.2 Å².